The summed E-state index contributed by atoms with van der Waals surface area (Å²) in [5.41, 5.74) is 0.785. The Morgan fingerprint density at radius 3 is 2.40 bits per heavy atom. The topological polar surface area (TPSA) is 40.6 Å². The minimum Gasteiger partial charge on any atom is -0.377 e. The van der Waals surface area contributed by atoms with E-state index in [0.717, 1.165) is 12.1 Å². The number of pyridine rings is 1. The maximum atomic E-state index is 5.59. The predicted octanol–water partition coefficient (Wildman–Crippen LogP) is 2.71. The van der Waals surface area contributed by atoms with Gasteiger partial charge in [0.2, 0.25) is 0 Å². The van der Waals surface area contributed by atoms with Gasteiger partial charge in [0.25, 0.3) is 0 Å². The van der Waals surface area contributed by atoms with Crippen molar-refractivity contribution in [2.45, 2.75) is 17.9 Å². The van der Waals surface area contributed by atoms with E-state index < -0.39 is 8.80 Å². The highest BCUT2D eigenvalue weighted by molar-refractivity contribution is 6.61. The largest absolute Gasteiger partial charge is 0.501 e. The van der Waals surface area contributed by atoms with Gasteiger partial charge in [-0.2, -0.15) is 0 Å². The molecule has 108 valence electrons. The van der Waals surface area contributed by atoms with Crippen LogP contribution in [0, 0.1) is 0 Å². The van der Waals surface area contributed by atoms with Crippen molar-refractivity contribution < 1.29 is 13.3 Å². The monoisotopic (exact) mass is 291 g/mol. The molecular weight excluding hydrogens is 270 g/mol. The minimum atomic E-state index is -2.69. The molecule has 0 saturated heterocycles. The van der Waals surface area contributed by atoms with Gasteiger partial charge in [-0.1, -0.05) is 30.4 Å². The van der Waals surface area contributed by atoms with Crippen LogP contribution in [0.25, 0.3) is 0 Å². The van der Waals surface area contributed by atoms with Crippen LogP contribution in [-0.2, 0) is 18.7 Å². The number of hydrogen-bond donors (Lipinski definition) is 0. The number of nitrogens with zero attached hydrogens (tertiary/aromatic N) is 1. The van der Waals surface area contributed by atoms with Crippen LogP contribution in [0.15, 0.2) is 48.7 Å². The molecule has 0 aliphatic heterocycles. The summed E-state index contributed by atoms with van der Waals surface area (Å²) in [6, 6.07) is 6.64. The van der Waals surface area contributed by atoms with Gasteiger partial charge in [-0.05, 0) is 18.6 Å². The van der Waals surface area contributed by atoms with Crippen molar-refractivity contribution >= 4 is 8.80 Å². The Bertz CT molecular complexity index is 477. The molecule has 20 heavy (non-hydrogen) atoms. The molecule has 0 N–H and O–H groups in total. The molecule has 1 aromatic rings. The lowest BCUT2D eigenvalue weighted by Gasteiger charge is -2.36. The second kappa shape index (κ2) is 6.45. The third-order valence-corrected chi connectivity index (χ3v) is 6.71. The van der Waals surface area contributed by atoms with Crippen molar-refractivity contribution in [3.8, 4) is 0 Å². The Morgan fingerprint density at radius 1 is 1.15 bits per heavy atom. The van der Waals surface area contributed by atoms with E-state index in [4.69, 9.17) is 13.3 Å². The molecule has 1 heterocycles. The lowest BCUT2D eigenvalue weighted by Crippen LogP contribution is -2.48. The van der Waals surface area contributed by atoms with Gasteiger partial charge in [0.1, 0.15) is 0 Å². The maximum Gasteiger partial charge on any atom is 0.501 e. The van der Waals surface area contributed by atoms with E-state index in [1.165, 1.54) is 0 Å². The van der Waals surface area contributed by atoms with E-state index in [1.807, 2.05) is 24.4 Å². The van der Waals surface area contributed by atoms with Gasteiger partial charge in [-0.3, -0.25) is 4.98 Å². The molecule has 5 heteroatoms. The first-order chi connectivity index (χ1) is 9.70. The van der Waals surface area contributed by atoms with Crippen LogP contribution in [0.4, 0.5) is 0 Å². The second-order valence-corrected chi connectivity index (χ2v) is 7.78. The third kappa shape index (κ3) is 2.91. The van der Waals surface area contributed by atoms with E-state index in [1.54, 1.807) is 21.3 Å². The highest BCUT2D eigenvalue weighted by atomic mass is 28.4. The van der Waals surface area contributed by atoms with Crippen LogP contribution in [0.1, 0.15) is 12.1 Å². The Hall–Kier alpha value is -1.27. The highest BCUT2D eigenvalue weighted by Gasteiger charge is 2.47. The molecule has 0 spiro atoms. The average Bonchev–Trinajstić information content (AvgIpc) is 2.55. The van der Waals surface area contributed by atoms with Crippen LogP contribution >= 0.6 is 0 Å². The summed E-state index contributed by atoms with van der Waals surface area (Å²) in [6.07, 6.45) is 11.1. The predicted molar refractivity (Wildman–Crippen MR) is 80.4 cm³/mol. The number of hydrogen-bond acceptors (Lipinski definition) is 4. The maximum absolute atomic E-state index is 5.59. The molecular formula is C15H21NO3Si. The molecule has 1 aromatic heterocycles. The van der Waals surface area contributed by atoms with Gasteiger partial charge < -0.3 is 13.3 Å². The lowest BCUT2D eigenvalue weighted by atomic mass is 9.80. The lowest BCUT2D eigenvalue weighted by molar-refractivity contribution is 0.117. The van der Waals surface area contributed by atoms with Crippen molar-refractivity contribution in [3.05, 3.63) is 54.4 Å². The molecule has 0 aromatic carbocycles. The Kier molecular flexibility index (Phi) is 4.88. The standard InChI is InChI=1S/C15H21NO3Si/c1-17-20(18-2,19-3)13-15(10-6-4-7-11-15)14-9-5-8-12-16-14/h4-10,12H,11,13H2,1-3H3. The summed E-state index contributed by atoms with van der Waals surface area (Å²) in [7, 11) is 2.25. The molecule has 4 nitrogen and oxygen atoms in total. The Morgan fingerprint density at radius 2 is 1.90 bits per heavy atom. The Balaban J connectivity index is 2.39. The zero-order chi connectivity index (χ0) is 14.5. The van der Waals surface area contributed by atoms with Gasteiger partial charge in [-0.15, -0.1) is 0 Å². The fourth-order valence-corrected chi connectivity index (χ4v) is 4.74. The van der Waals surface area contributed by atoms with Crippen molar-refractivity contribution in [2.24, 2.45) is 0 Å². The zero-order valence-corrected chi connectivity index (χ0v) is 13.2. The van der Waals surface area contributed by atoms with Crippen LogP contribution in [0.3, 0.4) is 0 Å². The summed E-state index contributed by atoms with van der Waals surface area (Å²) in [5, 5.41) is 0. The van der Waals surface area contributed by atoms with Crippen LogP contribution in [0.2, 0.25) is 6.04 Å². The molecule has 1 atom stereocenters. The summed E-state index contributed by atoms with van der Waals surface area (Å²) in [5.74, 6) is 0. The first-order valence-electron chi connectivity index (χ1n) is 6.62. The smallest absolute Gasteiger partial charge is 0.377 e. The van der Waals surface area contributed by atoms with Crippen molar-refractivity contribution in [2.75, 3.05) is 21.3 Å². The first kappa shape index (κ1) is 15.1. The summed E-state index contributed by atoms with van der Waals surface area (Å²) >= 11 is 0. The fraction of sp³-hybridized carbons (Fsp3) is 0.400. The van der Waals surface area contributed by atoms with Gasteiger partial charge in [0.15, 0.2) is 0 Å². The van der Waals surface area contributed by atoms with Gasteiger partial charge >= 0.3 is 8.80 Å². The van der Waals surface area contributed by atoms with Gasteiger partial charge in [0, 0.05) is 39.0 Å². The molecule has 0 fully saturated rings. The van der Waals surface area contributed by atoms with E-state index in [0.29, 0.717) is 6.04 Å². The van der Waals surface area contributed by atoms with Crippen molar-refractivity contribution in [3.63, 3.8) is 0 Å². The molecule has 1 aliphatic rings. The molecule has 0 amide bonds. The normalized spacial score (nSPS) is 22.1. The number of allylic oxidation sites excluding steroid dienone is 4. The second-order valence-electron chi connectivity index (χ2n) is 4.83. The number of rotatable bonds is 6. The van der Waals surface area contributed by atoms with Crippen molar-refractivity contribution in [1.82, 2.24) is 4.98 Å². The average molecular weight is 291 g/mol. The Labute approximate surface area is 121 Å². The molecule has 1 aliphatic carbocycles. The quantitative estimate of drug-likeness (QED) is 0.756. The van der Waals surface area contributed by atoms with E-state index in [2.05, 4.69) is 29.3 Å². The van der Waals surface area contributed by atoms with Crippen LogP contribution in [0.5, 0.6) is 0 Å². The molecule has 0 radical (unpaired) electrons. The van der Waals surface area contributed by atoms with Crippen molar-refractivity contribution in [1.29, 1.82) is 0 Å². The fourth-order valence-electron chi connectivity index (χ4n) is 2.59. The minimum absolute atomic E-state index is 0.232. The first-order valence-corrected chi connectivity index (χ1v) is 8.55. The van der Waals surface area contributed by atoms with Gasteiger partial charge in [0.05, 0.1) is 5.69 Å². The summed E-state index contributed by atoms with van der Waals surface area (Å²) < 4.78 is 16.8. The van der Waals surface area contributed by atoms with Crippen LogP contribution in [-0.4, -0.2) is 35.1 Å². The highest BCUT2D eigenvalue weighted by Crippen LogP contribution is 2.39. The third-order valence-electron chi connectivity index (χ3n) is 3.78. The number of aromatic nitrogens is 1. The SMILES string of the molecule is CO[Si](CC1(c2ccccn2)C=CC=CC1)(OC)OC. The molecule has 2 rings (SSSR count). The van der Waals surface area contributed by atoms with E-state index in [-0.39, 0.29) is 5.41 Å². The van der Waals surface area contributed by atoms with Crippen LogP contribution < -0.4 is 0 Å². The van der Waals surface area contributed by atoms with E-state index in [9.17, 15) is 0 Å². The summed E-state index contributed by atoms with van der Waals surface area (Å²) in [4.78, 5) is 4.53. The molecule has 0 saturated carbocycles. The molecule has 1 unspecified atom stereocenters. The zero-order valence-electron chi connectivity index (χ0n) is 12.2. The molecule has 0 bridgehead atoms. The van der Waals surface area contributed by atoms with Gasteiger partial charge in [-0.25, -0.2) is 0 Å². The summed E-state index contributed by atoms with van der Waals surface area (Å²) in [6.45, 7) is 0. The van der Waals surface area contributed by atoms with E-state index >= 15 is 0 Å².